The Kier molecular flexibility index (Phi) is 1.51. The lowest BCUT2D eigenvalue weighted by Crippen LogP contribution is -2.43. The summed E-state index contributed by atoms with van der Waals surface area (Å²) in [7, 11) is 0. The fourth-order valence-electron chi connectivity index (χ4n) is 1.25. The van der Waals surface area contributed by atoms with E-state index in [9.17, 15) is 4.39 Å². The van der Waals surface area contributed by atoms with Crippen LogP contribution >= 0.6 is 0 Å². The monoisotopic (exact) mass is 168 g/mol. The molecule has 0 aliphatic carbocycles. The second-order valence-electron chi connectivity index (χ2n) is 2.92. The molecule has 1 aliphatic rings. The third-order valence-corrected chi connectivity index (χ3v) is 2.00. The molecule has 0 amide bonds. The van der Waals surface area contributed by atoms with E-state index in [1.165, 1.54) is 12.4 Å². The van der Waals surface area contributed by atoms with Crippen molar-refractivity contribution in [3.63, 3.8) is 0 Å². The molecule has 0 spiro atoms. The van der Waals surface area contributed by atoms with Crippen LogP contribution in [0, 0.1) is 0 Å². The Morgan fingerprint density at radius 3 is 2.83 bits per heavy atom. The zero-order valence-corrected chi connectivity index (χ0v) is 6.46. The highest BCUT2D eigenvalue weighted by molar-refractivity contribution is 5.48. The average molecular weight is 168 g/mol. The predicted octanol–water partition coefficient (Wildman–Crippen LogP) is 0.859. The van der Waals surface area contributed by atoms with Crippen molar-refractivity contribution >= 4 is 5.69 Å². The largest absolute Gasteiger partial charge is 0.397 e. The van der Waals surface area contributed by atoms with Crippen molar-refractivity contribution in [2.45, 2.75) is 5.67 Å². The van der Waals surface area contributed by atoms with Crippen molar-refractivity contribution in [1.29, 1.82) is 0 Å². The molecule has 1 saturated heterocycles. The van der Waals surface area contributed by atoms with Gasteiger partial charge in [-0.3, -0.25) is 4.98 Å². The van der Waals surface area contributed by atoms with Crippen LogP contribution in [0.3, 0.4) is 0 Å². The summed E-state index contributed by atoms with van der Waals surface area (Å²) < 4.78 is 18.5. The molecule has 0 bridgehead atoms. The first-order chi connectivity index (χ1) is 5.72. The van der Waals surface area contributed by atoms with Gasteiger partial charge in [-0.2, -0.15) is 0 Å². The Bertz CT molecular complexity index is 299. The molecule has 1 aromatic heterocycles. The minimum atomic E-state index is -1.38. The molecule has 1 aromatic rings. The summed E-state index contributed by atoms with van der Waals surface area (Å²) in [6, 6.07) is 1.60. The lowest BCUT2D eigenvalue weighted by atomic mass is 9.94. The Labute approximate surface area is 69.4 Å². The lowest BCUT2D eigenvalue weighted by Gasteiger charge is -2.34. The third-order valence-electron chi connectivity index (χ3n) is 2.00. The van der Waals surface area contributed by atoms with Crippen molar-refractivity contribution in [1.82, 2.24) is 4.98 Å². The van der Waals surface area contributed by atoms with Crippen LogP contribution in [-0.2, 0) is 10.4 Å². The maximum atomic E-state index is 13.7. The van der Waals surface area contributed by atoms with Gasteiger partial charge in [-0.15, -0.1) is 0 Å². The van der Waals surface area contributed by atoms with Crippen LogP contribution < -0.4 is 5.73 Å². The summed E-state index contributed by atoms with van der Waals surface area (Å²) in [5.74, 6) is 0. The predicted molar refractivity (Wildman–Crippen MR) is 42.3 cm³/mol. The molecule has 4 heteroatoms. The van der Waals surface area contributed by atoms with E-state index in [1.807, 2.05) is 0 Å². The van der Waals surface area contributed by atoms with Crippen molar-refractivity contribution in [3.8, 4) is 0 Å². The van der Waals surface area contributed by atoms with E-state index in [1.54, 1.807) is 6.07 Å². The molecule has 1 fully saturated rings. The summed E-state index contributed by atoms with van der Waals surface area (Å²) in [5, 5.41) is 0. The molecule has 2 N–H and O–H groups in total. The molecule has 0 saturated carbocycles. The standard InChI is InChI=1S/C8H9FN2O/c9-8(4-12-5-8)6-1-2-11-3-7(6)10/h1-3H,4-5,10H2. The quantitative estimate of drug-likeness (QED) is 0.676. The first-order valence-corrected chi connectivity index (χ1v) is 3.69. The van der Waals surface area contributed by atoms with Crippen LogP contribution in [0.25, 0.3) is 0 Å². The highest BCUT2D eigenvalue weighted by Crippen LogP contribution is 2.36. The van der Waals surface area contributed by atoms with Gasteiger partial charge in [0, 0.05) is 11.8 Å². The molecule has 0 atom stereocenters. The minimum Gasteiger partial charge on any atom is -0.397 e. The first-order valence-electron chi connectivity index (χ1n) is 3.69. The molecular formula is C8H9FN2O. The van der Waals surface area contributed by atoms with Gasteiger partial charge in [0.1, 0.15) is 0 Å². The van der Waals surface area contributed by atoms with Crippen LogP contribution in [-0.4, -0.2) is 18.2 Å². The number of ether oxygens (including phenoxy) is 1. The highest BCUT2D eigenvalue weighted by Gasteiger charge is 2.41. The van der Waals surface area contributed by atoms with Crippen LogP contribution in [0.4, 0.5) is 10.1 Å². The van der Waals surface area contributed by atoms with E-state index in [2.05, 4.69) is 4.98 Å². The lowest BCUT2D eigenvalue weighted by molar-refractivity contribution is -0.134. The fourth-order valence-corrected chi connectivity index (χ4v) is 1.25. The second kappa shape index (κ2) is 2.42. The second-order valence-corrected chi connectivity index (χ2v) is 2.92. The van der Waals surface area contributed by atoms with E-state index in [-0.39, 0.29) is 13.2 Å². The van der Waals surface area contributed by atoms with Gasteiger partial charge < -0.3 is 10.5 Å². The van der Waals surface area contributed by atoms with Gasteiger partial charge in [0.25, 0.3) is 0 Å². The SMILES string of the molecule is Nc1cnccc1C1(F)COC1. The van der Waals surface area contributed by atoms with Crippen molar-refractivity contribution in [2.24, 2.45) is 0 Å². The first kappa shape index (κ1) is 7.49. The van der Waals surface area contributed by atoms with Gasteiger partial charge in [0.2, 0.25) is 0 Å². The summed E-state index contributed by atoms with van der Waals surface area (Å²) >= 11 is 0. The van der Waals surface area contributed by atoms with Gasteiger partial charge in [-0.1, -0.05) is 0 Å². The Morgan fingerprint density at radius 1 is 1.58 bits per heavy atom. The van der Waals surface area contributed by atoms with Gasteiger partial charge in [-0.05, 0) is 6.07 Å². The van der Waals surface area contributed by atoms with E-state index in [0.717, 1.165) is 0 Å². The van der Waals surface area contributed by atoms with Crippen LogP contribution in [0.1, 0.15) is 5.56 Å². The molecule has 3 nitrogen and oxygen atoms in total. The number of nitrogens with two attached hydrogens (primary N) is 1. The average Bonchev–Trinajstić information content (AvgIpc) is 2.01. The fraction of sp³-hybridized carbons (Fsp3) is 0.375. The maximum absolute atomic E-state index is 13.7. The summed E-state index contributed by atoms with van der Waals surface area (Å²) in [6.45, 7) is 0.197. The third kappa shape index (κ3) is 0.956. The van der Waals surface area contributed by atoms with Gasteiger partial charge in [-0.25, -0.2) is 4.39 Å². The molecule has 2 rings (SSSR count). The van der Waals surface area contributed by atoms with Gasteiger partial charge in [0.15, 0.2) is 5.67 Å². The zero-order chi connectivity index (χ0) is 8.60. The van der Waals surface area contributed by atoms with E-state index in [0.29, 0.717) is 11.3 Å². The summed E-state index contributed by atoms with van der Waals surface area (Å²) in [5.41, 5.74) is 5.06. The number of nitrogens with zero attached hydrogens (tertiary/aromatic N) is 1. The molecule has 0 unspecified atom stereocenters. The number of rotatable bonds is 1. The van der Waals surface area contributed by atoms with Crippen LogP contribution in [0.2, 0.25) is 0 Å². The van der Waals surface area contributed by atoms with Crippen molar-refractivity contribution < 1.29 is 9.13 Å². The zero-order valence-electron chi connectivity index (χ0n) is 6.46. The van der Waals surface area contributed by atoms with Crippen molar-refractivity contribution in [3.05, 3.63) is 24.0 Å². The summed E-state index contributed by atoms with van der Waals surface area (Å²) in [6.07, 6.45) is 2.99. The maximum Gasteiger partial charge on any atom is 0.184 e. The number of aromatic nitrogens is 1. The topological polar surface area (TPSA) is 48.1 Å². The molecule has 1 aliphatic heterocycles. The van der Waals surface area contributed by atoms with Gasteiger partial charge in [0.05, 0.1) is 25.1 Å². The Morgan fingerprint density at radius 2 is 2.33 bits per heavy atom. The number of nitrogen functional groups attached to an aromatic ring is 1. The summed E-state index contributed by atoms with van der Waals surface area (Å²) in [4.78, 5) is 3.78. The smallest absolute Gasteiger partial charge is 0.184 e. The van der Waals surface area contributed by atoms with Gasteiger partial charge >= 0.3 is 0 Å². The molecule has 2 heterocycles. The highest BCUT2D eigenvalue weighted by atomic mass is 19.1. The number of hydrogen-bond acceptors (Lipinski definition) is 3. The minimum absolute atomic E-state index is 0.0984. The normalized spacial score (nSPS) is 20.1. The number of pyridine rings is 1. The molecule has 0 aromatic carbocycles. The number of anilines is 1. The number of halogens is 1. The molecule has 64 valence electrons. The number of hydrogen-bond donors (Lipinski definition) is 1. The van der Waals surface area contributed by atoms with Crippen molar-refractivity contribution in [2.75, 3.05) is 18.9 Å². The Balaban J connectivity index is 2.39. The molecular weight excluding hydrogens is 159 g/mol. The molecule has 0 radical (unpaired) electrons. The number of alkyl halides is 1. The van der Waals surface area contributed by atoms with E-state index < -0.39 is 5.67 Å². The van der Waals surface area contributed by atoms with Crippen LogP contribution in [0.15, 0.2) is 18.5 Å². The van der Waals surface area contributed by atoms with E-state index in [4.69, 9.17) is 10.5 Å². The molecule has 12 heavy (non-hydrogen) atoms. The Hall–Kier alpha value is -1.16. The van der Waals surface area contributed by atoms with E-state index >= 15 is 0 Å². The van der Waals surface area contributed by atoms with Crippen LogP contribution in [0.5, 0.6) is 0 Å².